The van der Waals surface area contributed by atoms with Crippen LogP contribution < -0.4 is 0 Å². The van der Waals surface area contributed by atoms with Gasteiger partial charge in [0.2, 0.25) is 0 Å². The topological polar surface area (TPSA) is 59.3 Å². The number of benzene rings is 2. The Bertz CT molecular complexity index is 1090. The average Bonchev–Trinajstić information content (AvgIpc) is 2.95. The highest BCUT2D eigenvalue weighted by atomic mass is 35.5. The van der Waals surface area contributed by atoms with Crippen LogP contribution in [0.3, 0.4) is 0 Å². The van der Waals surface area contributed by atoms with E-state index >= 15 is 0 Å². The second-order valence-electron chi connectivity index (χ2n) is 6.99. The number of hydrogen-bond acceptors (Lipinski definition) is 2. The Morgan fingerprint density at radius 1 is 1.18 bits per heavy atom. The van der Waals surface area contributed by atoms with Crippen LogP contribution in [0.15, 0.2) is 48.5 Å². The number of carboxylic acid groups (broad SMARTS) is 1. The van der Waals surface area contributed by atoms with Gasteiger partial charge in [-0.3, -0.25) is 4.79 Å². The van der Waals surface area contributed by atoms with E-state index in [9.17, 15) is 14.7 Å². The molecule has 4 nitrogen and oxygen atoms in total. The number of hydrogen-bond donors (Lipinski definition) is 1. The Hall–Kier alpha value is -2.85. The van der Waals surface area contributed by atoms with Crippen LogP contribution in [0.2, 0.25) is 5.02 Å². The number of carboxylic acids is 1. The summed E-state index contributed by atoms with van der Waals surface area (Å²) >= 11 is 6.36. The third-order valence-corrected chi connectivity index (χ3v) is 5.10. The molecule has 3 rings (SSSR count). The number of halogens is 1. The van der Waals surface area contributed by atoms with Gasteiger partial charge in [-0.15, -0.1) is 0 Å². The molecule has 0 spiro atoms. The Morgan fingerprint density at radius 3 is 2.50 bits per heavy atom. The molecular formula is C23H22ClNO3. The van der Waals surface area contributed by atoms with Crippen LogP contribution >= 0.6 is 11.6 Å². The Labute approximate surface area is 169 Å². The maximum Gasteiger partial charge on any atom is 0.335 e. The van der Waals surface area contributed by atoms with Gasteiger partial charge >= 0.3 is 5.97 Å². The molecule has 0 aliphatic rings. The highest BCUT2D eigenvalue weighted by molar-refractivity contribution is 6.31. The minimum Gasteiger partial charge on any atom is -0.478 e. The molecule has 0 aliphatic heterocycles. The highest BCUT2D eigenvalue weighted by Crippen LogP contribution is 2.32. The molecule has 1 aromatic heterocycles. The molecule has 5 heteroatoms. The van der Waals surface area contributed by atoms with Crippen LogP contribution in [-0.4, -0.2) is 21.4 Å². The lowest BCUT2D eigenvalue weighted by Gasteiger charge is -2.12. The minimum absolute atomic E-state index is 0.0269. The van der Waals surface area contributed by atoms with Gasteiger partial charge in [0.25, 0.3) is 0 Å². The molecule has 0 aliphatic carbocycles. The molecule has 0 atom stereocenters. The molecule has 0 saturated carbocycles. The molecule has 3 aromatic rings. The smallest absolute Gasteiger partial charge is 0.335 e. The third kappa shape index (κ3) is 3.60. The summed E-state index contributed by atoms with van der Waals surface area (Å²) in [4.78, 5) is 24.5. The molecule has 1 heterocycles. The Balaban J connectivity index is 2.36. The molecule has 0 fully saturated rings. The number of aromatic carboxylic acids is 1. The maximum absolute atomic E-state index is 13.0. The molecule has 28 heavy (non-hydrogen) atoms. The first-order valence-electron chi connectivity index (χ1n) is 9.15. The van der Waals surface area contributed by atoms with Gasteiger partial charge in [0.1, 0.15) is 0 Å². The first kappa shape index (κ1) is 19.9. The Kier molecular flexibility index (Phi) is 5.71. The molecule has 0 amide bonds. The number of rotatable bonds is 6. The lowest BCUT2D eigenvalue weighted by atomic mass is 9.97. The van der Waals surface area contributed by atoms with Gasteiger partial charge in [0, 0.05) is 22.9 Å². The van der Waals surface area contributed by atoms with Gasteiger partial charge in [-0.1, -0.05) is 55.8 Å². The summed E-state index contributed by atoms with van der Waals surface area (Å²) < 4.78 is 1.97. The van der Waals surface area contributed by atoms with E-state index in [2.05, 4.69) is 0 Å². The van der Waals surface area contributed by atoms with E-state index in [0.29, 0.717) is 22.6 Å². The fourth-order valence-electron chi connectivity index (χ4n) is 3.35. The monoisotopic (exact) mass is 395 g/mol. The first-order valence-corrected chi connectivity index (χ1v) is 9.52. The number of ketones is 1. The second kappa shape index (κ2) is 8.03. The van der Waals surface area contributed by atoms with E-state index in [-0.39, 0.29) is 17.3 Å². The lowest BCUT2D eigenvalue weighted by molar-refractivity contribution is 0.0696. The number of carbonyl (C=O) groups excluding carboxylic acids is 1. The zero-order valence-corrected chi connectivity index (χ0v) is 16.8. The van der Waals surface area contributed by atoms with E-state index in [4.69, 9.17) is 11.6 Å². The molecule has 1 N–H and O–H groups in total. The zero-order valence-electron chi connectivity index (χ0n) is 16.1. The Morgan fingerprint density at radius 2 is 1.89 bits per heavy atom. The van der Waals surface area contributed by atoms with Gasteiger partial charge in [-0.25, -0.2) is 4.79 Å². The fraction of sp³-hybridized carbons (Fsp3) is 0.217. The van der Waals surface area contributed by atoms with Crippen molar-refractivity contribution in [1.82, 2.24) is 4.57 Å². The van der Waals surface area contributed by atoms with Crippen molar-refractivity contribution in [3.8, 4) is 0 Å². The molecule has 0 saturated heterocycles. The van der Waals surface area contributed by atoms with Crippen molar-refractivity contribution in [2.45, 2.75) is 27.3 Å². The number of fused-ring (bicyclic) bond motifs is 1. The average molecular weight is 396 g/mol. The molecule has 144 valence electrons. The molecule has 2 aromatic carbocycles. The summed E-state index contributed by atoms with van der Waals surface area (Å²) in [5.74, 6) is -1.15. The van der Waals surface area contributed by atoms with Crippen molar-refractivity contribution in [3.63, 3.8) is 0 Å². The van der Waals surface area contributed by atoms with Crippen molar-refractivity contribution in [1.29, 1.82) is 0 Å². The molecule has 0 unspecified atom stereocenters. The van der Waals surface area contributed by atoms with Crippen LogP contribution in [0.4, 0.5) is 0 Å². The van der Waals surface area contributed by atoms with E-state index in [1.807, 2.05) is 61.8 Å². The van der Waals surface area contributed by atoms with E-state index < -0.39 is 5.97 Å². The fourth-order valence-corrected chi connectivity index (χ4v) is 3.54. The molecule has 0 bridgehead atoms. The standard InChI is InChI=1S/C23H22ClNO3/c1-4-7-19-21(22(26)14(2)3)17-11-10-15(23(27)28)12-20(17)25(19)13-16-8-5-6-9-18(16)24/h4-12,14H,13H2,1-3H3,(H,27,28). The minimum atomic E-state index is -1.00. The SMILES string of the molecule is CC=Cc1c(C(=O)C(C)C)c2ccc(C(=O)O)cc2n1Cc1ccccc1Cl. The highest BCUT2D eigenvalue weighted by Gasteiger charge is 2.24. The zero-order chi connectivity index (χ0) is 20.4. The van der Waals surface area contributed by atoms with E-state index in [0.717, 1.165) is 16.6 Å². The molecule has 0 radical (unpaired) electrons. The summed E-state index contributed by atoms with van der Waals surface area (Å²) in [6.07, 6.45) is 3.78. The number of carbonyl (C=O) groups is 2. The third-order valence-electron chi connectivity index (χ3n) is 4.73. The first-order chi connectivity index (χ1) is 13.3. The van der Waals surface area contributed by atoms with Gasteiger partial charge in [0.15, 0.2) is 5.78 Å². The van der Waals surface area contributed by atoms with Crippen LogP contribution in [0.5, 0.6) is 0 Å². The maximum atomic E-state index is 13.0. The van der Waals surface area contributed by atoms with Gasteiger partial charge < -0.3 is 9.67 Å². The largest absolute Gasteiger partial charge is 0.478 e. The van der Waals surface area contributed by atoms with Crippen LogP contribution in [0.25, 0.3) is 17.0 Å². The number of nitrogens with zero attached hydrogens (tertiary/aromatic N) is 1. The summed E-state index contributed by atoms with van der Waals surface area (Å²) in [7, 11) is 0. The van der Waals surface area contributed by atoms with Crippen molar-refractivity contribution >= 4 is 40.3 Å². The quantitative estimate of drug-likeness (QED) is 0.527. The van der Waals surface area contributed by atoms with Gasteiger partial charge in [0.05, 0.1) is 22.3 Å². The van der Waals surface area contributed by atoms with Crippen molar-refractivity contribution < 1.29 is 14.7 Å². The predicted octanol–water partition coefficient (Wildman–Crippen LogP) is 5.91. The van der Waals surface area contributed by atoms with E-state index in [1.165, 1.54) is 0 Å². The summed E-state index contributed by atoms with van der Waals surface area (Å²) in [6, 6.07) is 12.4. The normalized spacial score (nSPS) is 11.6. The van der Waals surface area contributed by atoms with Crippen molar-refractivity contribution in [2.24, 2.45) is 5.92 Å². The van der Waals surface area contributed by atoms with Crippen LogP contribution in [0, 0.1) is 5.92 Å². The van der Waals surface area contributed by atoms with Crippen molar-refractivity contribution in [3.05, 3.63) is 75.9 Å². The van der Waals surface area contributed by atoms with Crippen molar-refractivity contribution in [2.75, 3.05) is 0 Å². The van der Waals surface area contributed by atoms with Crippen LogP contribution in [-0.2, 0) is 6.54 Å². The predicted molar refractivity (Wildman–Crippen MR) is 113 cm³/mol. The number of Topliss-reactive ketones (excluding diaryl/α,β-unsaturated/α-hetero) is 1. The summed E-state index contributed by atoms with van der Waals surface area (Å²) in [5, 5.41) is 10.8. The second-order valence-corrected chi connectivity index (χ2v) is 7.40. The number of allylic oxidation sites excluding steroid dienone is 1. The number of aromatic nitrogens is 1. The lowest BCUT2D eigenvalue weighted by Crippen LogP contribution is -2.10. The van der Waals surface area contributed by atoms with Crippen LogP contribution in [0.1, 0.15) is 52.7 Å². The summed E-state index contributed by atoms with van der Waals surface area (Å²) in [6.45, 7) is 6.06. The van der Waals surface area contributed by atoms with E-state index in [1.54, 1.807) is 18.2 Å². The van der Waals surface area contributed by atoms with Gasteiger partial charge in [-0.05, 0) is 36.8 Å². The molecular weight excluding hydrogens is 374 g/mol. The van der Waals surface area contributed by atoms with Gasteiger partial charge in [-0.2, -0.15) is 0 Å². The summed E-state index contributed by atoms with van der Waals surface area (Å²) in [5.41, 5.74) is 3.17.